The zero-order valence-corrected chi connectivity index (χ0v) is 16.1. The Morgan fingerprint density at radius 2 is 1.17 bits per heavy atom. The molecule has 0 saturated carbocycles. The number of carbonyl (C=O) groups excluding carboxylic acids is 2. The molecule has 0 fully saturated rings. The van der Waals surface area contributed by atoms with Crippen molar-refractivity contribution in [2.24, 2.45) is 5.73 Å². The van der Waals surface area contributed by atoms with Crippen LogP contribution >= 0.6 is 0 Å². The molecule has 0 bridgehead atoms. The second-order valence-corrected chi connectivity index (χ2v) is 6.81. The maximum Gasteiger partial charge on any atom is 0.318 e. The number of primary amides is 1. The minimum absolute atomic E-state index is 0.195. The second-order valence-electron chi connectivity index (χ2n) is 6.81. The average molecular weight is 387 g/mol. The van der Waals surface area contributed by atoms with Crippen molar-refractivity contribution in [3.05, 3.63) is 108 Å². The third-order valence-corrected chi connectivity index (χ3v) is 4.83. The van der Waals surface area contributed by atoms with E-state index in [0.29, 0.717) is 6.54 Å². The first-order chi connectivity index (χ1) is 14.1. The van der Waals surface area contributed by atoms with Crippen LogP contribution in [0.15, 0.2) is 91.0 Å². The molecule has 5 nitrogen and oxygen atoms in total. The van der Waals surface area contributed by atoms with Crippen molar-refractivity contribution >= 4 is 11.9 Å². The van der Waals surface area contributed by atoms with Gasteiger partial charge in [-0.15, -0.1) is 0 Å². The number of imide groups is 1. The molecule has 0 aliphatic rings. The summed E-state index contributed by atoms with van der Waals surface area (Å²) in [7, 11) is 0. The molecule has 3 amide bonds. The Balaban J connectivity index is 1.75. The van der Waals surface area contributed by atoms with Gasteiger partial charge in [-0.2, -0.15) is 0 Å². The van der Waals surface area contributed by atoms with Crippen LogP contribution in [0, 0.1) is 0 Å². The SMILES string of the molecule is NC(=O)NC(=O)[C@H](NCCC(c1ccccc1)c1ccccc1)c1ccccc1. The van der Waals surface area contributed by atoms with Gasteiger partial charge in [0.2, 0.25) is 5.91 Å². The Morgan fingerprint density at radius 1 is 0.724 bits per heavy atom. The van der Waals surface area contributed by atoms with Gasteiger partial charge in [0.1, 0.15) is 6.04 Å². The van der Waals surface area contributed by atoms with E-state index in [4.69, 9.17) is 5.73 Å². The lowest BCUT2D eigenvalue weighted by Crippen LogP contribution is -2.43. The molecule has 0 unspecified atom stereocenters. The largest absolute Gasteiger partial charge is 0.351 e. The summed E-state index contributed by atoms with van der Waals surface area (Å²) < 4.78 is 0. The smallest absolute Gasteiger partial charge is 0.318 e. The van der Waals surface area contributed by atoms with Crippen LogP contribution in [0.1, 0.15) is 35.1 Å². The Hall–Kier alpha value is -3.44. The van der Waals surface area contributed by atoms with Crippen molar-refractivity contribution in [1.82, 2.24) is 10.6 Å². The summed E-state index contributed by atoms with van der Waals surface area (Å²) in [4.78, 5) is 23.7. The highest BCUT2D eigenvalue weighted by Gasteiger charge is 2.22. The van der Waals surface area contributed by atoms with Gasteiger partial charge < -0.3 is 11.1 Å². The molecule has 0 heterocycles. The number of hydrogen-bond donors (Lipinski definition) is 3. The number of hydrogen-bond acceptors (Lipinski definition) is 3. The van der Waals surface area contributed by atoms with Crippen molar-refractivity contribution in [1.29, 1.82) is 0 Å². The summed E-state index contributed by atoms with van der Waals surface area (Å²) in [6.07, 6.45) is 0.793. The van der Waals surface area contributed by atoms with Gasteiger partial charge in [0.05, 0.1) is 0 Å². The van der Waals surface area contributed by atoms with Crippen LogP contribution in [0.3, 0.4) is 0 Å². The number of nitrogens with two attached hydrogens (primary N) is 1. The fourth-order valence-electron chi connectivity index (χ4n) is 3.47. The van der Waals surface area contributed by atoms with Crippen LogP contribution in [0.25, 0.3) is 0 Å². The predicted molar refractivity (Wildman–Crippen MR) is 114 cm³/mol. The lowest BCUT2D eigenvalue weighted by Gasteiger charge is -2.22. The van der Waals surface area contributed by atoms with Gasteiger partial charge in [-0.25, -0.2) is 4.79 Å². The summed E-state index contributed by atoms with van der Waals surface area (Å²) in [5.41, 5.74) is 8.36. The number of urea groups is 1. The fourth-order valence-corrected chi connectivity index (χ4v) is 3.47. The first-order valence-corrected chi connectivity index (χ1v) is 9.63. The van der Waals surface area contributed by atoms with Gasteiger partial charge in [0.25, 0.3) is 0 Å². The standard InChI is InChI=1S/C24H25N3O2/c25-24(29)27-23(28)22(20-14-8-3-9-15-20)26-17-16-21(18-10-4-1-5-11-18)19-12-6-2-7-13-19/h1-15,21-22,26H,16-17H2,(H3,25,27,28,29)/t22-/m1/s1. The van der Waals surface area contributed by atoms with Crippen LogP contribution in [-0.4, -0.2) is 18.5 Å². The molecule has 148 valence electrons. The normalized spacial score (nSPS) is 11.8. The molecule has 0 aromatic heterocycles. The van der Waals surface area contributed by atoms with Crippen molar-refractivity contribution < 1.29 is 9.59 Å². The van der Waals surface area contributed by atoms with E-state index in [1.165, 1.54) is 11.1 Å². The molecule has 0 aliphatic carbocycles. The van der Waals surface area contributed by atoms with Crippen LogP contribution in [0.2, 0.25) is 0 Å². The summed E-state index contributed by atoms with van der Waals surface area (Å²) in [6, 6.07) is 28.4. The van der Waals surface area contributed by atoms with Gasteiger partial charge in [0.15, 0.2) is 0 Å². The van der Waals surface area contributed by atoms with E-state index in [-0.39, 0.29) is 5.92 Å². The van der Waals surface area contributed by atoms with Crippen LogP contribution < -0.4 is 16.4 Å². The quantitative estimate of drug-likeness (QED) is 0.551. The molecule has 0 spiro atoms. The zero-order chi connectivity index (χ0) is 20.5. The zero-order valence-electron chi connectivity index (χ0n) is 16.1. The summed E-state index contributed by atoms with van der Waals surface area (Å²) in [5, 5.41) is 5.47. The Bertz CT molecular complexity index is 875. The van der Waals surface area contributed by atoms with Gasteiger partial charge in [-0.3, -0.25) is 10.1 Å². The molecular formula is C24H25N3O2. The molecule has 4 N–H and O–H groups in total. The van der Waals surface area contributed by atoms with E-state index >= 15 is 0 Å². The van der Waals surface area contributed by atoms with Crippen molar-refractivity contribution in [3.8, 4) is 0 Å². The summed E-state index contributed by atoms with van der Waals surface area (Å²) in [6.45, 7) is 0.584. The number of carbonyl (C=O) groups is 2. The Labute approximate surface area is 170 Å². The minimum Gasteiger partial charge on any atom is -0.351 e. The average Bonchev–Trinajstić information content (AvgIpc) is 2.75. The third kappa shape index (κ3) is 5.77. The first kappa shape index (κ1) is 20.3. The van der Waals surface area contributed by atoms with Crippen molar-refractivity contribution in [3.63, 3.8) is 0 Å². The lowest BCUT2D eigenvalue weighted by molar-refractivity contribution is -0.122. The molecule has 1 atom stereocenters. The van der Waals surface area contributed by atoms with E-state index in [0.717, 1.165) is 12.0 Å². The fraction of sp³-hybridized carbons (Fsp3) is 0.167. The number of benzene rings is 3. The monoisotopic (exact) mass is 387 g/mol. The summed E-state index contributed by atoms with van der Waals surface area (Å²) in [5.74, 6) is -0.264. The first-order valence-electron chi connectivity index (χ1n) is 9.63. The second kappa shape index (κ2) is 10.2. The summed E-state index contributed by atoms with van der Waals surface area (Å²) >= 11 is 0. The van der Waals surface area contributed by atoms with Gasteiger partial charge in [0, 0.05) is 5.92 Å². The highest BCUT2D eigenvalue weighted by atomic mass is 16.2. The highest BCUT2D eigenvalue weighted by Crippen LogP contribution is 2.27. The van der Waals surface area contributed by atoms with Crippen molar-refractivity contribution in [2.75, 3.05) is 6.54 Å². The predicted octanol–water partition coefficient (Wildman–Crippen LogP) is 3.73. The number of amides is 3. The van der Waals surface area contributed by atoms with Crippen molar-refractivity contribution in [2.45, 2.75) is 18.4 Å². The molecule has 3 aromatic carbocycles. The van der Waals surface area contributed by atoms with E-state index in [1.807, 2.05) is 66.7 Å². The Morgan fingerprint density at radius 3 is 1.62 bits per heavy atom. The molecule has 0 saturated heterocycles. The maximum atomic E-state index is 12.5. The molecule has 0 aliphatic heterocycles. The number of rotatable bonds is 8. The molecular weight excluding hydrogens is 362 g/mol. The van der Waals surface area contributed by atoms with E-state index < -0.39 is 18.0 Å². The minimum atomic E-state index is -0.857. The van der Waals surface area contributed by atoms with Gasteiger partial charge in [-0.05, 0) is 29.7 Å². The highest BCUT2D eigenvalue weighted by molar-refractivity contribution is 5.96. The van der Waals surface area contributed by atoms with E-state index in [9.17, 15) is 9.59 Å². The molecule has 29 heavy (non-hydrogen) atoms. The van der Waals surface area contributed by atoms with Crippen LogP contribution in [-0.2, 0) is 4.79 Å². The molecule has 0 radical (unpaired) electrons. The third-order valence-electron chi connectivity index (χ3n) is 4.83. The molecule has 5 heteroatoms. The molecule has 3 rings (SSSR count). The van der Waals surface area contributed by atoms with Gasteiger partial charge in [-0.1, -0.05) is 91.0 Å². The van der Waals surface area contributed by atoms with Crippen LogP contribution in [0.4, 0.5) is 4.79 Å². The topological polar surface area (TPSA) is 84.2 Å². The maximum absolute atomic E-state index is 12.5. The van der Waals surface area contributed by atoms with Crippen LogP contribution in [0.5, 0.6) is 0 Å². The van der Waals surface area contributed by atoms with Gasteiger partial charge >= 0.3 is 6.03 Å². The molecule has 3 aromatic rings. The van der Waals surface area contributed by atoms with E-state index in [2.05, 4.69) is 34.9 Å². The Kier molecular flexibility index (Phi) is 7.14. The lowest BCUT2D eigenvalue weighted by atomic mass is 9.88. The number of nitrogens with one attached hydrogen (secondary N) is 2. The van der Waals surface area contributed by atoms with E-state index in [1.54, 1.807) is 0 Å².